The molecule has 0 atom stereocenters. The Morgan fingerprint density at radius 1 is 0.467 bits per heavy atom. The summed E-state index contributed by atoms with van der Waals surface area (Å²) in [5, 5.41) is 12.0. The number of hydrogen-bond donors (Lipinski definition) is 0. The van der Waals surface area contributed by atoms with Crippen LogP contribution in [0.2, 0.25) is 0 Å². The highest BCUT2D eigenvalue weighted by Gasteiger charge is 2.36. The number of nitriles is 1. The van der Waals surface area contributed by atoms with Crippen LogP contribution >= 0.6 is 0 Å². The number of pyridine rings is 1. The molecule has 0 N–H and O–H groups in total. The first-order chi connectivity index (χ1) is 29.4. The summed E-state index contributed by atoms with van der Waals surface area (Å²) in [5.74, 6) is 1.76. The van der Waals surface area contributed by atoms with Crippen molar-refractivity contribution in [1.82, 2.24) is 24.5 Å². The van der Waals surface area contributed by atoms with Crippen molar-refractivity contribution in [2.24, 2.45) is 0 Å². The highest BCUT2D eigenvalue weighted by Crippen LogP contribution is 2.50. The van der Waals surface area contributed by atoms with E-state index in [9.17, 15) is 5.26 Å². The molecule has 282 valence electrons. The smallest absolute Gasteiger partial charge is 0.164 e. The highest BCUT2D eigenvalue weighted by atomic mass is 15.0. The number of fused-ring (bicyclic) bond motifs is 6. The first-order valence-electron chi connectivity index (χ1n) is 20.1. The lowest BCUT2D eigenvalue weighted by Crippen LogP contribution is -2.15. The number of hydrogen-bond acceptors (Lipinski definition) is 5. The largest absolute Gasteiger partial charge is 0.309 e. The number of para-hydroxylation sites is 2. The Morgan fingerprint density at radius 2 is 1.08 bits per heavy atom. The van der Waals surface area contributed by atoms with Gasteiger partial charge in [0, 0.05) is 50.3 Å². The molecule has 0 aliphatic heterocycles. The molecule has 0 fully saturated rings. The van der Waals surface area contributed by atoms with E-state index in [0.29, 0.717) is 23.0 Å². The van der Waals surface area contributed by atoms with Gasteiger partial charge in [-0.3, -0.25) is 4.98 Å². The number of aromatic nitrogens is 5. The van der Waals surface area contributed by atoms with Crippen LogP contribution in [0.4, 0.5) is 0 Å². The van der Waals surface area contributed by atoms with E-state index < -0.39 is 0 Å². The molecular formula is C54H36N6. The second-order valence-corrected chi connectivity index (χ2v) is 15.9. The molecule has 10 aromatic rings. The van der Waals surface area contributed by atoms with Crippen LogP contribution in [0.3, 0.4) is 0 Å². The van der Waals surface area contributed by atoms with Crippen LogP contribution in [-0.2, 0) is 5.41 Å². The molecule has 7 aromatic carbocycles. The first kappa shape index (κ1) is 35.2. The van der Waals surface area contributed by atoms with E-state index in [1.807, 2.05) is 72.9 Å². The van der Waals surface area contributed by atoms with Crippen molar-refractivity contribution >= 4 is 21.8 Å². The van der Waals surface area contributed by atoms with Gasteiger partial charge in [0.15, 0.2) is 17.5 Å². The van der Waals surface area contributed by atoms with Crippen molar-refractivity contribution < 1.29 is 0 Å². The Kier molecular flexibility index (Phi) is 8.11. The lowest BCUT2D eigenvalue weighted by molar-refractivity contribution is 0.660. The van der Waals surface area contributed by atoms with Gasteiger partial charge in [-0.15, -0.1) is 0 Å². The fraction of sp³-hybridized carbons (Fsp3) is 0.0556. The minimum atomic E-state index is -0.281. The lowest BCUT2D eigenvalue weighted by atomic mass is 9.81. The molecule has 11 rings (SSSR count). The van der Waals surface area contributed by atoms with Crippen molar-refractivity contribution in [3.63, 3.8) is 0 Å². The summed E-state index contributed by atoms with van der Waals surface area (Å²) in [6.07, 6.45) is 1.83. The molecule has 0 spiro atoms. The third kappa shape index (κ3) is 5.79. The zero-order chi connectivity index (χ0) is 40.4. The number of rotatable bonds is 6. The van der Waals surface area contributed by atoms with Crippen LogP contribution in [-0.4, -0.2) is 24.5 Å². The Morgan fingerprint density at radius 3 is 1.85 bits per heavy atom. The number of nitrogens with zero attached hydrogens (tertiary/aromatic N) is 6. The van der Waals surface area contributed by atoms with Crippen LogP contribution in [0.5, 0.6) is 0 Å². The van der Waals surface area contributed by atoms with Gasteiger partial charge in [0.1, 0.15) is 0 Å². The van der Waals surface area contributed by atoms with Crippen LogP contribution in [0, 0.1) is 11.3 Å². The molecule has 3 heterocycles. The summed E-state index contributed by atoms with van der Waals surface area (Å²) in [4.78, 5) is 20.4. The van der Waals surface area contributed by atoms with Gasteiger partial charge < -0.3 is 4.57 Å². The Hall–Kier alpha value is -8.01. The summed E-state index contributed by atoms with van der Waals surface area (Å²) < 4.78 is 2.32. The Balaban J connectivity index is 1.10. The summed E-state index contributed by atoms with van der Waals surface area (Å²) >= 11 is 0. The molecule has 6 nitrogen and oxygen atoms in total. The second-order valence-electron chi connectivity index (χ2n) is 15.9. The van der Waals surface area contributed by atoms with Crippen LogP contribution in [0.25, 0.3) is 95.2 Å². The van der Waals surface area contributed by atoms with E-state index in [0.717, 1.165) is 66.6 Å². The molecule has 0 bridgehead atoms. The second kappa shape index (κ2) is 13.8. The van der Waals surface area contributed by atoms with Gasteiger partial charge in [-0.05, 0) is 118 Å². The van der Waals surface area contributed by atoms with Crippen molar-refractivity contribution in [1.29, 1.82) is 5.26 Å². The molecule has 6 heteroatoms. The third-order valence-electron chi connectivity index (χ3n) is 11.9. The maximum atomic E-state index is 9.70. The van der Waals surface area contributed by atoms with Gasteiger partial charge in [-0.2, -0.15) is 5.26 Å². The third-order valence-corrected chi connectivity index (χ3v) is 11.9. The zero-order valence-corrected chi connectivity index (χ0v) is 33.0. The molecule has 1 aliphatic rings. The fourth-order valence-electron chi connectivity index (χ4n) is 8.91. The van der Waals surface area contributed by atoms with Gasteiger partial charge in [0.25, 0.3) is 0 Å². The fourth-order valence-corrected chi connectivity index (χ4v) is 8.91. The van der Waals surface area contributed by atoms with Gasteiger partial charge in [-0.1, -0.05) is 105 Å². The SMILES string of the molecule is CC1(C)c2cc(C#N)ccc2-c2ccc(-c3cc(-c4ccccn4)cc(-c4nc(-c5ccccc5)nc(-c5ccc6c(c5)c5ccccc5n6-c5ccccc5)n4)c3)cc21. The Labute approximate surface area is 347 Å². The molecule has 1 aliphatic carbocycles. The zero-order valence-electron chi connectivity index (χ0n) is 33.0. The standard InChI is InChI=1S/C54H36N6/c1-54(2)46-27-34(33-55)20-23-42(46)43-24-21-36(32-47(43)54)38-28-39(48-18-11-12-26-56-48)30-40(29-38)53-58-51(35-13-5-3-6-14-35)57-52(59-53)37-22-25-50-45(31-37)44-17-9-10-19-49(44)60(50)41-15-7-4-8-16-41/h3-32H,1-2H3. The molecule has 0 amide bonds. The molecular weight excluding hydrogens is 733 g/mol. The molecule has 0 unspecified atom stereocenters. The number of benzene rings is 7. The van der Waals surface area contributed by atoms with E-state index in [4.69, 9.17) is 19.9 Å². The maximum Gasteiger partial charge on any atom is 0.164 e. The maximum absolute atomic E-state index is 9.70. The van der Waals surface area contributed by atoms with Gasteiger partial charge in [-0.25, -0.2) is 15.0 Å². The molecule has 60 heavy (non-hydrogen) atoms. The van der Waals surface area contributed by atoms with Crippen molar-refractivity contribution in [3.05, 3.63) is 199 Å². The van der Waals surface area contributed by atoms with Gasteiger partial charge in [0.05, 0.1) is 28.4 Å². The lowest BCUT2D eigenvalue weighted by Gasteiger charge is -2.22. The minimum absolute atomic E-state index is 0.281. The van der Waals surface area contributed by atoms with Gasteiger partial charge in [0.2, 0.25) is 0 Å². The van der Waals surface area contributed by atoms with Gasteiger partial charge >= 0.3 is 0 Å². The normalized spacial score (nSPS) is 12.6. The minimum Gasteiger partial charge on any atom is -0.309 e. The van der Waals surface area contributed by atoms with Crippen molar-refractivity contribution in [3.8, 4) is 79.4 Å². The highest BCUT2D eigenvalue weighted by molar-refractivity contribution is 6.10. The van der Waals surface area contributed by atoms with Crippen LogP contribution in [0.15, 0.2) is 182 Å². The summed E-state index contributed by atoms with van der Waals surface area (Å²) in [6, 6.07) is 63.2. The molecule has 0 saturated carbocycles. The van der Waals surface area contributed by atoms with E-state index >= 15 is 0 Å². The van der Waals surface area contributed by atoms with Crippen molar-refractivity contribution in [2.75, 3.05) is 0 Å². The molecule has 0 saturated heterocycles. The average Bonchev–Trinajstić information content (AvgIpc) is 3.76. The quantitative estimate of drug-likeness (QED) is 0.168. The predicted molar refractivity (Wildman–Crippen MR) is 241 cm³/mol. The molecule has 0 radical (unpaired) electrons. The summed E-state index contributed by atoms with van der Waals surface area (Å²) in [7, 11) is 0. The predicted octanol–water partition coefficient (Wildman–Crippen LogP) is 12.9. The van der Waals surface area contributed by atoms with Crippen molar-refractivity contribution in [2.45, 2.75) is 19.3 Å². The summed E-state index contributed by atoms with van der Waals surface area (Å²) in [5.41, 5.74) is 15.1. The molecule has 3 aromatic heterocycles. The van der Waals surface area contributed by atoms with Crippen LogP contribution < -0.4 is 0 Å². The van der Waals surface area contributed by atoms with Crippen LogP contribution in [0.1, 0.15) is 30.5 Å². The topological polar surface area (TPSA) is 80.3 Å². The summed E-state index contributed by atoms with van der Waals surface area (Å²) in [6.45, 7) is 4.49. The van der Waals surface area contributed by atoms with E-state index in [1.165, 1.54) is 22.3 Å². The Bertz CT molecular complexity index is 3340. The van der Waals surface area contributed by atoms with E-state index in [1.54, 1.807) is 0 Å². The van der Waals surface area contributed by atoms with E-state index in [2.05, 4.69) is 134 Å². The first-order valence-corrected chi connectivity index (χ1v) is 20.1. The average molecular weight is 769 g/mol. The van der Waals surface area contributed by atoms with E-state index in [-0.39, 0.29) is 5.41 Å². The monoisotopic (exact) mass is 768 g/mol.